The van der Waals surface area contributed by atoms with Gasteiger partial charge in [0.25, 0.3) is 0 Å². The van der Waals surface area contributed by atoms with Crippen molar-refractivity contribution in [3.63, 3.8) is 0 Å². The predicted octanol–water partition coefficient (Wildman–Crippen LogP) is 5.32. The Hall–Kier alpha value is -2.61. The molecule has 5 nitrogen and oxygen atoms in total. The van der Waals surface area contributed by atoms with Crippen LogP contribution in [0.2, 0.25) is 0 Å². The number of rotatable bonds is 5. The lowest BCUT2D eigenvalue weighted by Gasteiger charge is -2.23. The van der Waals surface area contributed by atoms with E-state index in [1.54, 1.807) is 6.20 Å². The molecular formula is C22H21N5S2. The maximum atomic E-state index is 5.89. The van der Waals surface area contributed by atoms with Crippen molar-refractivity contribution < 1.29 is 0 Å². The molecule has 0 spiro atoms. The summed E-state index contributed by atoms with van der Waals surface area (Å²) in [5.41, 5.74) is 1.97. The molecule has 0 aliphatic carbocycles. The van der Waals surface area contributed by atoms with E-state index < -0.39 is 0 Å². The molecule has 1 aliphatic rings. The van der Waals surface area contributed by atoms with E-state index in [4.69, 9.17) is 17.3 Å². The van der Waals surface area contributed by atoms with E-state index in [1.165, 1.54) is 17.7 Å². The predicted molar refractivity (Wildman–Crippen MR) is 119 cm³/mol. The fourth-order valence-corrected chi connectivity index (χ4v) is 5.15. The number of nitrogens with zero attached hydrogens (tertiary/aromatic N) is 5. The lowest BCUT2D eigenvalue weighted by atomic mass is 10.2. The lowest BCUT2D eigenvalue weighted by Crippen LogP contribution is -2.26. The van der Waals surface area contributed by atoms with Gasteiger partial charge in [0, 0.05) is 41.1 Å². The smallest absolute Gasteiger partial charge is 0.204 e. The maximum absolute atomic E-state index is 5.89. The molecule has 0 N–H and O–H groups in total. The van der Waals surface area contributed by atoms with Crippen LogP contribution < -0.4 is 0 Å². The van der Waals surface area contributed by atoms with E-state index in [-0.39, 0.29) is 0 Å². The molecule has 4 aromatic rings. The Morgan fingerprint density at radius 3 is 2.72 bits per heavy atom. The highest BCUT2D eigenvalue weighted by molar-refractivity contribution is 7.71. The average Bonchev–Trinajstić information content (AvgIpc) is 3.51. The number of likely N-dealkylation sites (tertiary alicyclic amines) is 1. The van der Waals surface area contributed by atoms with Gasteiger partial charge in [-0.25, -0.2) is 4.68 Å². The monoisotopic (exact) mass is 419 g/mol. The van der Waals surface area contributed by atoms with Gasteiger partial charge >= 0.3 is 0 Å². The molecule has 7 heteroatoms. The number of pyridine rings is 1. The summed E-state index contributed by atoms with van der Waals surface area (Å²) in [5.74, 6) is 0.821. The van der Waals surface area contributed by atoms with Gasteiger partial charge < -0.3 is 0 Å². The molecule has 0 radical (unpaired) electrons. The first-order valence-electron chi connectivity index (χ1n) is 9.74. The van der Waals surface area contributed by atoms with Crippen molar-refractivity contribution in [3.05, 3.63) is 82.0 Å². The molecule has 1 fully saturated rings. The van der Waals surface area contributed by atoms with Crippen LogP contribution in [0.25, 0.3) is 17.1 Å². The topological polar surface area (TPSA) is 38.9 Å². The SMILES string of the molecule is S=c1n(CN2CCC[C@H]2c2cccs2)nc(-c2cccnc2)n1-c1ccccc1. The van der Waals surface area contributed by atoms with Crippen LogP contribution in [0.1, 0.15) is 23.8 Å². The highest BCUT2D eigenvalue weighted by Crippen LogP contribution is 2.35. The van der Waals surface area contributed by atoms with Gasteiger partial charge in [-0.15, -0.1) is 16.4 Å². The molecule has 0 saturated carbocycles. The molecule has 4 heterocycles. The summed E-state index contributed by atoms with van der Waals surface area (Å²) in [4.78, 5) is 8.18. The van der Waals surface area contributed by atoms with Crippen LogP contribution in [-0.4, -0.2) is 30.8 Å². The minimum Gasteiger partial charge on any atom is -0.276 e. The Morgan fingerprint density at radius 2 is 1.97 bits per heavy atom. The van der Waals surface area contributed by atoms with Crippen LogP contribution in [0.15, 0.2) is 72.4 Å². The first kappa shape index (κ1) is 18.4. The molecule has 0 unspecified atom stereocenters. The molecular weight excluding hydrogens is 398 g/mol. The Labute approximate surface area is 178 Å². The van der Waals surface area contributed by atoms with E-state index in [0.717, 1.165) is 23.6 Å². The quantitative estimate of drug-likeness (QED) is 0.410. The fraction of sp³-hybridized carbons (Fsp3) is 0.227. The second-order valence-electron chi connectivity index (χ2n) is 7.15. The molecule has 1 aliphatic heterocycles. The minimum absolute atomic E-state index is 0.445. The summed E-state index contributed by atoms with van der Waals surface area (Å²) in [7, 11) is 0. The minimum atomic E-state index is 0.445. The van der Waals surface area contributed by atoms with Gasteiger partial charge in [0.15, 0.2) is 5.82 Å². The van der Waals surface area contributed by atoms with E-state index in [9.17, 15) is 0 Å². The van der Waals surface area contributed by atoms with Crippen LogP contribution >= 0.6 is 23.6 Å². The van der Waals surface area contributed by atoms with Crippen molar-refractivity contribution in [1.29, 1.82) is 0 Å². The number of aromatic nitrogens is 4. The van der Waals surface area contributed by atoms with Crippen molar-refractivity contribution in [2.24, 2.45) is 0 Å². The molecule has 1 saturated heterocycles. The average molecular weight is 420 g/mol. The zero-order valence-electron chi connectivity index (χ0n) is 15.9. The van der Waals surface area contributed by atoms with Crippen LogP contribution in [0.5, 0.6) is 0 Å². The lowest BCUT2D eigenvalue weighted by molar-refractivity contribution is 0.192. The van der Waals surface area contributed by atoms with Crippen molar-refractivity contribution >= 4 is 23.6 Å². The largest absolute Gasteiger partial charge is 0.276 e. The number of para-hydroxylation sites is 1. The van der Waals surface area contributed by atoms with Crippen LogP contribution in [0.3, 0.4) is 0 Å². The Kier molecular flexibility index (Phi) is 5.10. The van der Waals surface area contributed by atoms with Gasteiger partial charge in [-0.2, -0.15) is 0 Å². The summed E-state index contributed by atoms with van der Waals surface area (Å²) in [5, 5.41) is 7.09. The zero-order valence-corrected chi connectivity index (χ0v) is 17.5. The number of hydrogen-bond acceptors (Lipinski definition) is 5. The van der Waals surface area contributed by atoms with Gasteiger partial charge in [-0.05, 0) is 60.8 Å². The van der Waals surface area contributed by atoms with Crippen molar-refractivity contribution in [3.8, 4) is 17.1 Å². The third kappa shape index (κ3) is 3.57. The number of thiophene rings is 1. The van der Waals surface area contributed by atoms with Gasteiger partial charge in [-0.1, -0.05) is 24.3 Å². The van der Waals surface area contributed by atoms with Crippen molar-refractivity contribution in [1.82, 2.24) is 24.2 Å². The Balaban J connectivity index is 1.56. The normalized spacial score (nSPS) is 17.0. The Bertz CT molecular complexity index is 1130. The molecule has 29 heavy (non-hydrogen) atoms. The van der Waals surface area contributed by atoms with E-state index in [0.29, 0.717) is 17.5 Å². The molecule has 1 aromatic carbocycles. The summed E-state index contributed by atoms with van der Waals surface area (Å²) in [6, 6.07) is 18.9. The van der Waals surface area contributed by atoms with Crippen molar-refractivity contribution in [2.45, 2.75) is 25.6 Å². The van der Waals surface area contributed by atoms with Gasteiger partial charge in [-0.3, -0.25) is 14.5 Å². The molecule has 1 atom stereocenters. The standard InChI is InChI=1S/C22H21N5S2/c28-22-26(16-25-13-5-10-19(25)20-11-6-14-29-20)24-21(17-7-4-12-23-15-17)27(22)18-8-2-1-3-9-18/h1-4,6-9,11-12,14-15,19H,5,10,13,16H2/t19-/m0/s1. The second-order valence-corrected chi connectivity index (χ2v) is 8.49. The van der Waals surface area contributed by atoms with Gasteiger partial charge in [0.2, 0.25) is 4.77 Å². The molecule has 3 aromatic heterocycles. The fourth-order valence-electron chi connectivity index (χ4n) is 3.96. The summed E-state index contributed by atoms with van der Waals surface area (Å²) < 4.78 is 4.70. The molecule has 0 amide bonds. The summed E-state index contributed by atoms with van der Waals surface area (Å²) in [6.07, 6.45) is 6.00. The first-order chi connectivity index (χ1) is 14.3. The summed E-state index contributed by atoms with van der Waals surface area (Å²) >= 11 is 7.72. The van der Waals surface area contributed by atoms with Crippen LogP contribution in [0, 0.1) is 4.77 Å². The molecule has 146 valence electrons. The second kappa shape index (κ2) is 8.02. The molecule has 0 bridgehead atoms. The Morgan fingerprint density at radius 1 is 1.07 bits per heavy atom. The highest BCUT2D eigenvalue weighted by Gasteiger charge is 2.28. The van der Waals surface area contributed by atoms with E-state index >= 15 is 0 Å². The van der Waals surface area contributed by atoms with Crippen LogP contribution in [-0.2, 0) is 6.67 Å². The number of hydrogen-bond donors (Lipinski definition) is 0. The third-order valence-corrected chi connectivity index (χ3v) is 6.69. The first-order valence-corrected chi connectivity index (χ1v) is 11.0. The maximum Gasteiger partial charge on any atom is 0.204 e. The zero-order chi connectivity index (χ0) is 19.6. The van der Waals surface area contributed by atoms with Gasteiger partial charge in [0.05, 0.1) is 6.67 Å². The van der Waals surface area contributed by atoms with Crippen molar-refractivity contribution in [2.75, 3.05) is 6.54 Å². The number of benzene rings is 1. The van der Waals surface area contributed by atoms with Gasteiger partial charge in [0.1, 0.15) is 0 Å². The third-order valence-electron chi connectivity index (χ3n) is 5.32. The van der Waals surface area contributed by atoms with Crippen LogP contribution in [0.4, 0.5) is 0 Å². The summed E-state index contributed by atoms with van der Waals surface area (Å²) in [6.45, 7) is 1.75. The molecule has 5 rings (SSSR count). The van der Waals surface area contributed by atoms with E-state index in [1.807, 2.05) is 57.1 Å². The van der Waals surface area contributed by atoms with E-state index in [2.05, 4.69) is 39.5 Å². The highest BCUT2D eigenvalue weighted by atomic mass is 32.1.